The van der Waals surface area contributed by atoms with Gasteiger partial charge >= 0.3 is 6.03 Å². The lowest BCUT2D eigenvalue weighted by Gasteiger charge is -2.39. The Hall–Kier alpha value is -1.53. The van der Waals surface area contributed by atoms with Gasteiger partial charge in [-0.15, -0.1) is 0 Å². The Labute approximate surface area is 137 Å². The first-order chi connectivity index (χ1) is 11.1. The molecular weight excluding hydrogens is 296 g/mol. The third-order valence-electron chi connectivity index (χ3n) is 4.76. The molecule has 130 valence electrons. The van der Waals surface area contributed by atoms with Crippen LogP contribution in [-0.2, 0) is 4.74 Å². The Morgan fingerprint density at radius 3 is 2.78 bits per heavy atom. The summed E-state index contributed by atoms with van der Waals surface area (Å²) in [5.74, 6) is 0.946. The van der Waals surface area contributed by atoms with Gasteiger partial charge in [-0.2, -0.15) is 0 Å². The predicted octanol–water partition coefficient (Wildman–Crippen LogP) is 2.60. The first-order valence-electron chi connectivity index (χ1n) is 8.31. The zero-order valence-corrected chi connectivity index (χ0v) is 14.0. The van der Waals surface area contributed by atoms with E-state index in [9.17, 15) is 9.90 Å². The van der Waals surface area contributed by atoms with E-state index in [4.69, 9.17) is 9.15 Å². The fourth-order valence-electron chi connectivity index (χ4n) is 3.32. The van der Waals surface area contributed by atoms with Crippen molar-refractivity contribution in [2.75, 3.05) is 20.3 Å². The summed E-state index contributed by atoms with van der Waals surface area (Å²) in [6, 6.07) is 2.91. The number of ether oxygens (including phenoxy) is 1. The second kappa shape index (κ2) is 8.36. The molecule has 0 saturated heterocycles. The summed E-state index contributed by atoms with van der Waals surface area (Å²) in [5.41, 5.74) is -0.606. The lowest BCUT2D eigenvalue weighted by molar-refractivity contribution is 0.0982. The molecule has 0 spiro atoms. The molecule has 2 atom stereocenters. The number of amides is 2. The Kier molecular flexibility index (Phi) is 6.47. The van der Waals surface area contributed by atoms with E-state index in [1.807, 2.05) is 6.92 Å². The van der Waals surface area contributed by atoms with Crippen molar-refractivity contribution in [1.82, 2.24) is 10.6 Å². The monoisotopic (exact) mass is 324 g/mol. The Morgan fingerprint density at radius 1 is 1.48 bits per heavy atom. The van der Waals surface area contributed by atoms with Crippen LogP contribution in [0.25, 0.3) is 0 Å². The zero-order chi connectivity index (χ0) is 16.7. The summed E-state index contributed by atoms with van der Waals surface area (Å²) in [4.78, 5) is 12.4. The van der Waals surface area contributed by atoms with Gasteiger partial charge in [-0.25, -0.2) is 4.79 Å². The number of rotatable bonds is 7. The van der Waals surface area contributed by atoms with Crippen molar-refractivity contribution in [3.8, 4) is 0 Å². The summed E-state index contributed by atoms with van der Waals surface area (Å²) in [6.45, 7) is 2.17. The summed E-state index contributed by atoms with van der Waals surface area (Å²) < 4.78 is 10.5. The third-order valence-corrected chi connectivity index (χ3v) is 4.76. The number of carbonyl (C=O) groups is 1. The van der Waals surface area contributed by atoms with Crippen LogP contribution in [0.3, 0.4) is 0 Å². The first-order valence-corrected chi connectivity index (χ1v) is 8.31. The summed E-state index contributed by atoms with van der Waals surface area (Å²) in [7, 11) is 1.58. The quantitative estimate of drug-likeness (QED) is 0.720. The maximum atomic E-state index is 12.4. The van der Waals surface area contributed by atoms with Crippen molar-refractivity contribution in [3.05, 3.63) is 24.2 Å². The van der Waals surface area contributed by atoms with Gasteiger partial charge in [-0.1, -0.05) is 19.3 Å². The highest BCUT2D eigenvalue weighted by molar-refractivity contribution is 5.75. The molecule has 0 radical (unpaired) electrons. The number of urea groups is 1. The molecular formula is C17H28N2O4. The number of carbonyl (C=O) groups excluding carboxylic acids is 1. The van der Waals surface area contributed by atoms with Gasteiger partial charge in [-0.05, 0) is 37.8 Å². The van der Waals surface area contributed by atoms with Crippen LogP contribution in [0.1, 0.15) is 50.8 Å². The number of aliphatic hydroxyl groups excluding tert-OH is 1. The molecule has 1 aromatic heterocycles. The van der Waals surface area contributed by atoms with Crippen molar-refractivity contribution in [2.24, 2.45) is 5.92 Å². The number of nitrogens with one attached hydrogen (secondary N) is 2. The van der Waals surface area contributed by atoms with E-state index in [0.29, 0.717) is 18.3 Å². The largest absolute Gasteiger partial charge is 0.467 e. The van der Waals surface area contributed by atoms with E-state index >= 15 is 0 Å². The van der Waals surface area contributed by atoms with Crippen molar-refractivity contribution in [3.63, 3.8) is 0 Å². The average molecular weight is 324 g/mol. The van der Waals surface area contributed by atoms with Crippen LogP contribution in [0.2, 0.25) is 0 Å². The highest BCUT2D eigenvalue weighted by Gasteiger charge is 2.36. The Bertz CT molecular complexity index is 471. The summed E-state index contributed by atoms with van der Waals surface area (Å²) in [6.07, 6.45) is 7.19. The fourth-order valence-corrected chi connectivity index (χ4v) is 3.32. The van der Waals surface area contributed by atoms with E-state index in [1.54, 1.807) is 25.5 Å². The number of hydrogen-bond donors (Lipinski definition) is 3. The minimum atomic E-state index is -0.606. The topological polar surface area (TPSA) is 83.7 Å². The van der Waals surface area contributed by atoms with Gasteiger partial charge in [0, 0.05) is 7.11 Å². The SMILES string of the molecule is COC[C@@H](NC(=O)N[C@](C)(CO)C1CCCCC1)c1ccco1. The van der Waals surface area contributed by atoms with Gasteiger partial charge in [0.1, 0.15) is 11.8 Å². The molecule has 1 aromatic rings. The standard InChI is InChI=1S/C17H28N2O4/c1-17(12-20,13-7-4-3-5-8-13)19-16(21)18-14(11-22-2)15-9-6-10-23-15/h6,9-10,13-14,20H,3-5,7-8,11-12H2,1-2H3,(H2,18,19,21)/t14-,17-/m1/s1. The van der Waals surface area contributed by atoms with E-state index in [1.165, 1.54) is 6.42 Å². The van der Waals surface area contributed by atoms with Gasteiger partial charge in [0.05, 0.1) is 25.0 Å². The maximum absolute atomic E-state index is 12.4. The van der Waals surface area contributed by atoms with Crippen LogP contribution >= 0.6 is 0 Å². The predicted molar refractivity (Wildman–Crippen MR) is 87.1 cm³/mol. The van der Waals surface area contributed by atoms with E-state index < -0.39 is 5.54 Å². The van der Waals surface area contributed by atoms with Crippen molar-refractivity contribution >= 4 is 6.03 Å². The van der Waals surface area contributed by atoms with Crippen LogP contribution < -0.4 is 10.6 Å². The summed E-state index contributed by atoms with van der Waals surface area (Å²) >= 11 is 0. The summed E-state index contributed by atoms with van der Waals surface area (Å²) in [5, 5.41) is 15.7. The molecule has 3 N–H and O–H groups in total. The van der Waals surface area contributed by atoms with Crippen LogP contribution in [0.15, 0.2) is 22.8 Å². The maximum Gasteiger partial charge on any atom is 0.315 e. The Balaban J connectivity index is 1.97. The van der Waals surface area contributed by atoms with Crippen LogP contribution in [-0.4, -0.2) is 37.0 Å². The number of furan rings is 1. The van der Waals surface area contributed by atoms with Crippen molar-refractivity contribution < 1.29 is 19.1 Å². The molecule has 6 nitrogen and oxygen atoms in total. The molecule has 1 aliphatic rings. The molecule has 1 aliphatic carbocycles. The molecule has 0 aromatic carbocycles. The van der Waals surface area contributed by atoms with Gasteiger partial charge in [0.2, 0.25) is 0 Å². The fraction of sp³-hybridized carbons (Fsp3) is 0.706. The van der Waals surface area contributed by atoms with E-state index in [2.05, 4.69) is 10.6 Å². The van der Waals surface area contributed by atoms with Gasteiger partial charge in [-0.3, -0.25) is 0 Å². The van der Waals surface area contributed by atoms with E-state index in [0.717, 1.165) is 25.7 Å². The highest BCUT2D eigenvalue weighted by atomic mass is 16.5. The number of aliphatic hydroxyl groups is 1. The van der Waals surface area contributed by atoms with Gasteiger partial charge < -0.3 is 24.9 Å². The van der Waals surface area contributed by atoms with Gasteiger partial charge in [0.15, 0.2) is 0 Å². The van der Waals surface area contributed by atoms with Crippen LogP contribution in [0, 0.1) is 5.92 Å². The molecule has 1 saturated carbocycles. The molecule has 1 fully saturated rings. The smallest absolute Gasteiger partial charge is 0.315 e. The van der Waals surface area contributed by atoms with Crippen LogP contribution in [0.4, 0.5) is 4.79 Å². The highest BCUT2D eigenvalue weighted by Crippen LogP contribution is 2.32. The van der Waals surface area contributed by atoms with Gasteiger partial charge in [0.25, 0.3) is 0 Å². The molecule has 0 bridgehead atoms. The Morgan fingerprint density at radius 2 is 2.22 bits per heavy atom. The average Bonchev–Trinajstić information content (AvgIpc) is 3.09. The molecule has 2 rings (SSSR count). The molecule has 1 heterocycles. The number of methoxy groups -OCH3 is 1. The zero-order valence-electron chi connectivity index (χ0n) is 14.0. The second-order valence-corrected chi connectivity index (χ2v) is 6.53. The van der Waals surface area contributed by atoms with Crippen LogP contribution in [0.5, 0.6) is 0 Å². The lowest BCUT2D eigenvalue weighted by Crippen LogP contribution is -2.57. The minimum Gasteiger partial charge on any atom is -0.467 e. The normalized spacial score (nSPS) is 19.8. The third kappa shape index (κ3) is 4.72. The van der Waals surface area contributed by atoms with E-state index in [-0.39, 0.29) is 18.7 Å². The molecule has 0 unspecified atom stereocenters. The second-order valence-electron chi connectivity index (χ2n) is 6.53. The first kappa shape index (κ1) is 17.8. The van der Waals surface area contributed by atoms with Crippen molar-refractivity contribution in [2.45, 2.75) is 50.6 Å². The molecule has 0 aliphatic heterocycles. The molecule has 6 heteroatoms. The van der Waals surface area contributed by atoms with Crippen molar-refractivity contribution in [1.29, 1.82) is 0 Å². The molecule has 2 amide bonds. The number of hydrogen-bond acceptors (Lipinski definition) is 4. The molecule has 23 heavy (non-hydrogen) atoms. The lowest BCUT2D eigenvalue weighted by atomic mass is 9.76. The minimum absolute atomic E-state index is 0.0687.